The summed E-state index contributed by atoms with van der Waals surface area (Å²) in [6, 6.07) is 9.54. The highest BCUT2D eigenvalue weighted by atomic mass is 14.9. The molecule has 0 unspecified atom stereocenters. The number of hydrogen-bond acceptors (Lipinski definition) is 2. The minimum absolute atomic E-state index is 0.741. The number of hydrogen-bond donors (Lipinski definition) is 0. The molecule has 1 heterocycles. The van der Waals surface area contributed by atoms with E-state index in [0.717, 1.165) is 22.6 Å². The third-order valence-corrected chi connectivity index (χ3v) is 2.01. The molecule has 0 spiro atoms. The standard InChI is InChI=1S/C12H10N2/c1-9-5-3-4-6-11(9)12-7-8-13-10(2)14-12/h1,3-8H,2H3. The second-order valence-electron chi connectivity index (χ2n) is 3.08. The van der Waals surface area contributed by atoms with Gasteiger partial charge in [-0.05, 0) is 25.5 Å². The van der Waals surface area contributed by atoms with Gasteiger partial charge in [-0.2, -0.15) is 0 Å². The van der Waals surface area contributed by atoms with Crippen molar-refractivity contribution >= 4 is 0 Å². The predicted octanol–water partition coefficient (Wildman–Crippen LogP) is 2.51. The van der Waals surface area contributed by atoms with Crippen LogP contribution in [0, 0.1) is 13.8 Å². The molecule has 2 radical (unpaired) electrons. The van der Waals surface area contributed by atoms with E-state index in [-0.39, 0.29) is 0 Å². The van der Waals surface area contributed by atoms with E-state index < -0.39 is 0 Å². The molecule has 2 nitrogen and oxygen atoms in total. The summed E-state index contributed by atoms with van der Waals surface area (Å²) in [6.07, 6.45) is 1.74. The molecule has 2 rings (SSSR count). The van der Waals surface area contributed by atoms with Crippen molar-refractivity contribution in [3.8, 4) is 11.3 Å². The molecule has 0 atom stereocenters. The summed E-state index contributed by atoms with van der Waals surface area (Å²) in [4.78, 5) is 8.36. The maximum absolute atomic E-state index is 5.84. The summed E-state index contributed by atoms with van der Waals surface area (Å²) in [6.45, 7) is 7.71. The van der Waals surface area contributed by atoms with Crippen molar-refractivity contribution in [2.24, 2.45) is 0 Å². The molecular weight excluding hydrogens is 172 g/mol. The van der Waals surface area contributed by atoms with Gasteiger partial charge in [0.15, 0.2) is 0 Å². The Morgan fingerprint density at radius 2 is 1.93 bits per heavy atom. The molecule has 0 amide bonds. The van der Waals surface area contributed by atoms with E-state index in [1.165, 1.54) is 0 Å². The molecule has 0 fully saturated rings. The van der Waals surface area contributed by atoms with Crippen molar-refractivity contribution in [2.75, 3.05) is 0 Å². The topological polar surface area (TPSA) is 25.8 Å². The van der Waals surface area contributed by atoms with Gasteiger partial charge in [0.1, 0.15) is 5.82 Å². The lowest BCUT2D eigenvalue weighted by Gasteiger charge is -2.04. The molecule has 1 aromatic heterocycles. The number of benzene rings is 1. The normalized spacial score (nSPS) is 10.1. The number of aryl methyl sites for hydroxylation is 1. The van der Waals surface area contributed by atoms with Crippen LogP contribution in [0.3, 0.4) is 0 Å². The molecule has 2 aromatic rings. The lowest BCUT2D eigenvalue weighted by molar-refractivity contribution is 1.06. The Morgan fingerprint density at radius 1 is 1.14 bits per heavy atom. The number of aromatic nitrogens is 2. The maximum atomic E-state index is 5.84. The zero-order valence-corrected chi connectivity index (χ0v) is 7.94. The van der Waals surface area contributed by atoms with E-state index in [4.69, 9.17) is 6.92 Å². The fraction of sp³-hybridized carbons (Fsp3) is 0.0833. The first-order chi connectivity index (χ1) is 6.77. The number of rotatable bonds is 1. The van der Waals surface area contributed by atoms with E-state index in [2.05, 4.69) is 9.97 Å². The Bertz CT molecular complexity index is 450. The molecule has 0 saturated heterocycles. The van der Waals surface area contributed by atoms with Crippen LogP contribution in [0.15, 0.2) is 36.5 Å². The Labute approximate surface area is 83.7 Å². The predicted molar refractivity (Wildman–Crippen MR) is 55.6 cm³/mol. The summed E-state index contributed by atoms with van der Waals surface area (Å²) in [5, 5.41) is 0. The molecule has 0 aliphatic rings. The average molecular weight is 182 g/mol. The lowest BCUT2D eigenvalue weighted by atomic mass is 10.1. The molecule has 0 aliphatic carbocycles. The molecule has 2 heteroatoms. The molecule has 14 heavy (non-hydrogen) atoms. The van der Waals surface area contributed by atoms with Crippen molar-refractivity contribution in [2.45, 2.75) is 6.92 Å². The highest BCUT2D eigenvalue weighted by Crippen LogP contribution is 2.20. The second-order valence-corrected chi connectivity index (χ2v) is 3.08. The van der Waals surface area contributed by atoms with Crippen LogP contribution < -0.4 is 0 Å². The van der Waals surface area contributed by atoms with E-state index in [0.29, 0.717) is 0 Å². The third kappa shape index (κ3) is 1.64. The van der Waals surface area contributed by atoms with Crippen molar-refractivity contribution in [1.82, 2.24) is 9.97 Å². The zero-order chi connectivity index (χ0) is 9.97. The third-order valence-electron chi connectivity index (χ3n) is 2.01. The van der Waals surface area contributed by atoms with Gasteiger partial charge in [-0.1, -0.05) is 24.3 Å². The largest absolute Gasteiger partial charge is 0.242 e. The first kappa shape index (κ1) is 8.88. The molecule has 0 N–H and O–H groups in total. The second kappa shape index (κ2) is 3.58. The summed E-state index contributed by atoms with van der Waals surface area (Å²) in [5.41, 5.74) is 2.57. The minimum Gasteiger partial charge on any atom is -0.242 e. The van der Waals surface area contributed by atoms with Gasteiger partial charge in [0.25, 0.3) is 0 Å². The summed E-state index contributed by atoms with van der Waals surface area (Å²) < 4.78 is 0. The van der Waals surface area contributed by atoms with Crippen LogP contribution in [0.4, 0.5) is 0 Å². The van der Waals surface area contributed by atoms with Gasteiger partial charge in [-0.15, -0.1) is 0 Å². The van der Waals surface area contributed by atoms with Crippen molar-refractivity contribution < 1.29 is 0 Å². The Morgan fingerprint density at radius 3 is 2.64 bits per heavy atom. The van der Waals surface area contributed by atoms with Crippen LogP contribution in [0.5, 0.6) is 0 Å². The van der Waals surface area contributed by atoms with Crippen molar-refractivity contribution in [3.63, 3.8) is 0 Å². The summed E-state index contributed by atoms with van der Waals surface area (Å²) in [5.74, 6) is 0.755. The van der Waals surface area contributed by atoms with Crippen molar-refractivity contribution in [3.05, 3.63) is 54.8 Å². The molecule has 0 aliphatic heterocycles. The van der Waals surface area contributed by atoms with Crippen LogP contribution in [0.1, 0.15) is 11.4 Å². The Balaban J connectivity index is 2.55. The monoisotopic (exact) mass is 182 g/mol. The lowest BCUT2D eigenvalue weighted by Crippen LogP contribution is -1.91. The summed E-state index contributed by atoms with van der Waals surface area (Å²) >= 11 is 0. The highest BCUT2D eigenvalue weighted by molar-refractivity contribution is 5.64. The van der Waals surface area contributed by atoms with E-state index in [1.807, 2.05) is 37.3 Å². The van der Waals surface area contributed by atoms with E-state index >= 15 is 0 Å². The smallest absolute Gasteiger partial charge is 0.125 e. The minimum atomic E-state index is 0.741. The van der Waals surface area contributed by atoms with Crippen LogP contribution in [-0.4, -0.2) is 9.97 Å². The molecule has 1 aromatic carbocycles. The fourth-order valence-corrected chi connectivity index (χ4v) is 1.34. The summed E-state index contributed by atoms with van der Waals surface area (Å²) in [7, 11) is 0. The highest BCUT2D eigenvalue weighted by Gasteiger charge is 2.01. The van der Waals surface area contributed by atoms with Gasteiger partial charge in [-0.25, -0.2) is 9.97 Å². The molecule has 0 bridgehead atoms. The molecule has 0 saturated carbocycles. The van der Waals surface area contributed by atoms with E-state index in [9.17, 15) is 0 Å². The first-order valence-electron chi connectivity index (χ1n) is 4.42. The van der Waals surface area contributed by atoms with Crippen LogP contribution in [0.2, 0.25) is 0 Å². The average Bonchev–Trinajstić information content (AvgIpc) is 2.18. The maximum Gasteiger partial charge on any atom is 0.125 e. The van der Waals surface area contributed by atoms with Gasteiger partial charge in [-0.3, -0.25) is 0 Å². The quantitative estimate of drug-likeness (QED) is 0.677. The van der Waals surface area contributed by atoms with Crippen LogP contribution >= 0.6 is 0 Å². The van der Waals surface area contributed by atoms with Crippen molar-refractivity contribution in [1.29, 1.82) is 0 Å². The van der Waals surface area contributed by atoms with Gasteiger partial charge < -0.3 is 0 Å². The molecular formula is C12H10N2. The fourth-order valence-electron chi connectivity index (χ4n) is 1.34. The zero-order valence-electron chi connectivity index (χ0n) is 7.94. The number of nitrogens with zero attached hydrogens (tertiary/aromatic N) is 2. The van der Waals surface area contributed by atoms with Gasteiger partial charge in [0.2, 0.25) is 0 Å². The van der Waals surface area contributed by atoms with E-state index in [1.54, 1.807) is 6.20 Å². The van der Waals surface area contributed by atoms with Gasteiger partial charge in [0, 0.05) is 11.8 Å². The van der Waals surface area contributed by atoms with Gasteiger partial charge in [0.05, 0.1) is 5.69 Å². The van der Waals surface area contributed by atoms with Crippen LogP contribution in [-0.2, 0) is 0 Å². The van der Waals surface area contributed by atoms with Gasteiger partial charge >= 0.3 is 0 Å². The first-order valence-corrected chi connectivity index (χ1v) is 4.42. The Kier molecular flexibility index (Phi) is 2.27. The Hall–Kier alpha value is -1.70. The SMILES string of the molecule is [CH]c1ccccc1-c1ccnc(C)n1. The van der Waals surface area contributed by atoms with Crippen LogP contribution in [0.25, 0.3) is 11.3 Å². The molecule has 68 valence electrons.